The summed E-state index contributed by atoms with van der Waals surface area (Å²) < 4.78 is 0. The Morgan fingerprint density at radius 3 is 0.845 bits per heavy atom. The van der Waals surface area contributed by atoms with Crippen molar-refractivity contribution in [2.75, 3.05) is 0 Å². The number of benzene rings is 8. The minimum atomic E-state index is -1.06. The summed E-state index contributed by atoms with van der Waals surface area (Å²) in [6, 6.07) is 76.1. The van der Waals surface area contributed by atoms with Crippen LogP contribution in [0.5, 0.6) is 0 Å². The van der Waals surface area contributed by atoms with Gasteiger partial charge in [-0.3, -0.25) is 9.59 Å². The molecule has 0 fully saturated rings. The van der Waals surface area contributed by atoms with Crippen LogP contribution >= 0.6 is 15.8 Å². The molecule has 282 valence electrons. The molecule has 0 aliphatic rings. The summed E-state index contributed by atoms with van der Waals surface area (Å²) in [6.45, 7) is 0. The fourth-order valence-electron chi connectivity index (χ4n) is 7.36. The first kappa shape index (κ1) is 38.4. The van der Waals surface area contributed by atoms with Gasteiger partial charge in [0, 0.05) is 11.1 Å². The first-order valence-electron chi connectivity index (χ1n) is 19.4. The number of hydrogen-bond donors (Lipinski definition) is 2. The zero-order valence-corrected chi connectivity index (χ0v) is 33.6. The molecule has 8 rings (SSSR count). The number of hydrogen-bond acceptors (Lipinski definition) is 2. The second kappa shape index (κ2) is 18.7. The predicted molar refractivity (Wildman–Crippen MR) is 244 cm³/mol. The van der Waals surface area contributed by atoms with E-state index in [1.807, 2.05) is 121 Å². The molecule has 6 heteroatoms. The van der Waals surface area contributed by atoms with Crippen molar-refractivity contribution in [2.24, 2.45) is 0 Å². The first-order valence-corrected chi connectivity index (χ1v) is 22.0. The van der Waals surface area contributed by atoms with E-state index in [0.29, 0.717) is 11.1 Å². The van der Waals surface area contributed by atoms with E-state index < -0.39 is 27.9 Å². The van der Waals surface area contributed by atoms with E-state index >= 15 is 0 Å². The molecule has 58 heavy (non-hydrogen) atoms. The van der Waals surface area contributed by atoms with Crippen LogP contribution in [0.15, 0.2) is 231 Å². The normalized spacial score (nSPS) is 12.1. The van der Waals surface area contributed by atoms with Crippen LogP contribution in [-0.2, 0) is 0 Å². The molecule has 2 atom stereocenters. The maximum atomic E-state index is 15.0. The van der Waals surface area contributed by atoms with Crippen LogP contribution in [0.1, 0.15) is 43.9 Å². The molecule has 0 spiro atoms. The van der Waals surface area contributed by atoms with Crippen LogP contribution in [0.2, 0.25) is 0 Å². The third kappa shape index (κ3) is 8.75. The number of nitrogens with one attached hydrogen (secondary N) is 2. The zero-order valence-electron chi connectivity index (χ0n) is 31.8. The van der Waals surface area contributed by atoms with Crippen LogP contribution < -0.4 is 42.5 Å². The van der Waals surface area contributed by atoms with Gasteiger partial charge in [-0.25, -0.2) is 0 Å². The second-order valence-electron chi connectivity index (χ2n) is 13.8. The van der Waals surface area contributed by atoms with Crippen molar-refractivity contribution >= 4 is 59.5 Å². The molecule has 0 aliphatic heterocycles. The molecule has 4 nitrogen and oxygen atoms in total. The van der Waals surface area contributed by atoms with Gasteiger partial charge in [0.15, 0.2) is 0 Å². The van der Waals surface area contributed by atoms with Gasteiger partial charge in [0.05, 0.1) is 12.1 Å². The minimum absolute atomic E-state index is 0.212. The van der Waals surface area contributed by atoms with Crippen molar-refractivity contribution < 1.29 is 9.59 Å². The highest BCUT2D eigenvalue weighted by atomic mass is 31.1. The Kier molecular flexibility index (Phi) is 12.4. The van der Waals surface area contributed by atoms with Crippen molar-refractivity contribution in [1.29, 1.82) is 0 Å². The highest BCUT2D eigenvalue weighted by molar-refractivity contribution is 7.80. The van der Waals surface area contributed by atoms with Gasteiger partial charge in [-0.1, -0.05) is 218 Å². The fourth-order valence-corrected chi connectivity index (χ4v) is 12.3. The monoisotopic (exact) mass is 788 g/mol. The maximum Gasteiger partial charge on any atom is 0.252 e. The van der Waals surface area contributed by atoms with Crippen molar-refractivity contribution in [1.82, 2.24) is 10.6 Å². The SMILES string of the molecule is O=C(NC(c1ccccc1)[C@H](NC(=O)c1ccccc1P(c1ccccc1)c1ccccc1)c1ccccc1)c1ccccc1P(c1ccccc1)c1ccccc1. The molecular weight excluding hydrogens is 747 g/mol. The zero-order chi connectivity index (χ0) is 39.5. The average Bonchev–Trinajstić information content (AvgIpc) is 3.30. The van der Waals surface area contributed by atoms with Gasteiger partial charge in [-0.15, -0.1) is 0 Å². The fraction of sp³-hybridized carbons (Fsp3) is 0.0385. The molecule has 0 saturated heterocycles. The smallest absolute Gasteiger partial charge is 0.252 e. The van der Waals surface area contributed by atoms with Gasteiger partial charge < -0.3 is 10.6 Å². The van der Waals surface area contributed by atoms with Gasteiger partial charge in [0.1, 0.15) is 0 Å². The topological polar surface area (TPSA) is 58.2 Å². The van der Waals surface area contributed by atoms with Gasteiger partial charge in [0.25, 0.3) is 11.8 Å². The molecular formula is C52H42N2O2P2. The summed E-state index contributed by atoms with van der Waals surface area (Å²) in [5.41, 5.74) is 2.95. The van der Waals surface area contributed by atoms with Crippen LogP contribution in [-0.4, -0.2) is 11.8 Å². The standard InChI is InChI=1S/C52H42N2O2P2/c55-51(45-35-19-21-37-47(45)57(41-27-11-3-12-28-41)42-29-13-4-14-30-42)53-49(39-23-7-1-8-24-39)50(40-25-9-2-10-26-40)54-52(56)46-36-20-22-38-48(46)58(43-31-15-5-16-32-43)44-33-17-6-18-34-44/h1-38,49-50H,(H,53,55)(H,54,56)/t49-,50?/m1/s1. The lowest BCUT2D eigenvalue weighted by molar-refractivity contribution is 0.0883. The van der Waals surface area contributed by atoms with E-state index in [4.69, 9.17) is 0 Å². The summed E-state index contributed by atoms with van der Waals surface area (Å²) in [7, 11) is -2.12. The summed E-state index contributed by atoms with van der Waals surface area (Å²) >= 11 is 0. The Balaban J connectivity index is 1.20. The first-order chi connectivity index (χ1) is 28.7. The Bertz CT molecular complexity index is 2300. The Morgan fingerprint density at radius 1 is 0.310 bits per heavy atom. The lowest BCUT2D eigenvalue weighted by atomic mass is 9.92. The molecule has 0 radical (unpaired) electrons. The largest absolute Gasteiger partial charge is 0.343 e. The van der Waals surface area contributed by atoms with Gasteiger partial charge in [-0.05, 0) is 70.9 Å². The van der Waals surface area contributed by atoms with Crippen LogP contribution in [0, 0.1) is 0 Å². The summed E-state index contributed by atoms with van der Waals surface area (Å²) in [4.78, 5) is 29.9. The summed E-state index contributed by atoms with van der Waals surface area (Å²) in [5.74, 6) is -0.424. The number of carbonyl (C=O) groups excluding carboxylic acids is 2. The van der Waals surface area contributed by atoms with Crippen molar-refractivity contribution in [3.05, 3.63) is 253 Å². The summed E-state index contributed by atoms with van der Waals surface area (Å²) in [5, 5.41) is 13.5. The van der Waals surface area contributed by atoms with Gasteiger partial charge >= 0.3 is 0 Å². The molecule has 2 N–H and O–H groups in total. The molecule has 2 amide bonds. The lowest BCUT2D eigenvalue weighted by Crippen LogP contribution is -2.43. The average molecular weight is 789 g/mol. The molecule has 0 aromatic heterocycles. The Hall–Kier alpha value is -6.44. The van der Waals surface area contributed by atoms with E-state index in [9.17, 15) is 9.59 Å². The molecule has 0 heterocycles. The van der Waals surface area contributed by atoms with Crippen LogP contribution in [0.4, 0.5) is 0 Å². The van der Waals surface area contributed by atoms with E-state index in [1.54, 1.807) is 0 Å². The van der Waals surface area contributed by atoms with E-state index in [-0.39, 0.29) is 11.8 Å². The van der Waals surface area contributed by atoms with E-state index in [1.165, 1.54) is 0 Å². The highest BCUT2D eigenvalue weighted by Gasteiger charge is 2.32. The van der Waals surface area contributed by atoms with Gasteiger partial charge in [0.2, 0.25) is 0 Å². The highest BCUT2D eigenvalue weighted by Crippen LogP contribution is 2.37. The van der Waals surface area contributed by atoms with Crippen molar-refractivity contribution in [2.45, 2.75) is 12.1 Å². The Morgan fingerprint density at radius 2 is 0.552 bits per heavy atom. The van der Waals surface area contributed by atoms with Crippen molar-refractivity contribution in [3.63, 3.8) is 0 Å². The molecule has 8 aromatic rings. The second-order valence-corrected chi connectivity index (χ2v) is 18.1. The predicted octanol–water partition coefficient (Wildman–Crippen LogP) is 8.85. The van der Waals surface area contributed by atoms with Gasteiger partial charge in [-0.2, -0.15) is 0 Å². The minimum Gasteiger partial charge on any atom is -0.343 e. The van der Waals surface area contributed by atoms with Crippen LogP contribution in [0.3, 0.4) is 0 Å². The third-order valence-electron chi connectivity index (χ3n) is 10.1. The van der Waals surface area contributed by atoms with Crippen LogP contribution in [0.25, 0.3) is 0 Å². The molecule has 0 saturated carbocycles. The number of rotatable bonds is 13. The van der Waals surface area contributed by atoms with E-state index in [2.05, 4.69) is 120 Å². The van der Waals surface area contributed by atoms with E-state index in [0.717, 1.165) is 43.0 Å². The number of carbonyl (C=O) groups is 2. The third-order valence-corrected chi connectivity index (χ3v) is 15.1. The van der Waals surface area contributed by atoms with Crippen molar-refractivity contribution in [3.8, 4) is 0 Å². The Labute approximate surface area is 343 Å². The molecule has 0 bridgehead atoms. The molecule has 1 unspecified atom stereocenters. The lowest BCUT2D eigenvalue weighted by Gasteiger charge is -2.31. The quantitative estimate of drug-likeness (QED) is 0.115. The molecule has 0 aliphatic carbocycles. The maximum absolute atomic E-state index is 15.0. The molecule has 8 aromatic carbocycles. The number of amides is 2. The summed E-state index contributed by atoms with van der Waals surface area (Å²) in [6.07, 6.45) is 0.